The number of thiophene rings is 1. The highest BCUT2D eigenvalue weighted by atomic mass is 32.1. The van der Waals surface area contributed by atoms with E-state index in [1.54, 1.807) is 17.4 Å². The van der Waals surface area contributed by atoms with Crippen molar-refractivity contribution in [1.82, 2.24) is 4.90 Å². The van der Waals surface area contributed by atoms with E-state index in [1.807, 2.05) is 46.7 Å². The molecule has 4 heteroatoms. The van der Waals surface area contributed by atoms with Gasteiger partial charge in [-0.2, -0.15) is 0 Å². The van der Waals surface area contributed by atoms with Gasteiger partial charge in [0, 0.05) is 30.6 Å². The van der Waals surface area contributed by atoms with E-state index >= 15 is 0 Å². The van der Waals surface area contributed by atoms with E-state index in [1.165, 1.54) is 5.56 Å². The molecular formula is C20H23NO2S. The molecule has 1 aromatic carbocycles. The molecule has 126 valence electrons. The number of nitrogens with zero attached hydrogens (tertiary/aromatic N) is 1. The van der Waals surface area contributed by atoms with Crippen LogP contribution in [0.2, 0.25) is 0 Å². The van der Waals surface area contributed by atoms with E-state index in [0.29, 0.717) is 12.5 Å². The quantitative estimate of drug-likeness (QED) is 0.736. The normalized spacial score (nSPS) is 15.9. The Bertz CT molecular complexity index is 644. The van der Waals surface area contributed by atoms with Crippen LogP contribution >= 0.6 is 11.3 Å². The third-order valence-corrected chi connectivity index (χ3v) is 5.16. The average Bonchev–Trinajstić information content (AvgIpc) is 3.15. The predicted octanol–water partition coefficient (Wildman–Crippen LogP) is 4.22. The lowest BCUT2D eigenvalue weighted by molar-refractivity contribution is -0.127. The number of ether oxygens (including phenoxy) is 1. The molecule has 2 heterocycles. The Hall–Kier alpha value is -1.91. The topological polar surface area (TPSA) is 29.5 Å². The second kappa shape index (κ2) is 8.81. The molecule has 0 atom stereocenters. The van der Waals surface area contributed by atoms with Crippen LogP contribution in [0.15, 0.2) is 53.9 Å². The number of benzene rings is 1. The molecular weight excluding hydrogens is 318 g/mol. The Labute approximate surface area is 147 Å². The third kappa shape index (κ3) is 5.05. The molecule has 0 aliphatic carbocycles. The summed E-state index contributed by atoms with van der Waals surface area (Å²) in [6, 6.07) is 14.3. The molecule has 1 fully saturated rings. The predicted molar refractivity (Wildman–Crippen MR) is 98.8 cm³/mol. The number of hydrogen-bond acceptors (Lipinski definition) is 3. The Morgan fingerprint density at radius 2 is 1.96 bits per heavy atom. The van der Waals surface area contributed by atoms with E-state index < -0.39 is 0 Å². The second-order valence-corrected chi connectivity index (χ2v) is 7.10. The van der Waals surface area contributed by atoms with Crippen LogP contribution in [-0.2, 0) is 16.1 Å². The van der Waals surface area contributed by atoms with Crippen LogP contribution in [0.25, 0.3) is 6.08 Å². The smallest absolute Gasteiger partial charge is 0.246 e. The molecule has 1 saturated heterocycles. The zero-order valence-corrected chi connectivity index (χ0v) is 14.6. The van der Waals surface area contributed by atoms with Gasteiger partial charge in [0.25, 0.3) is 0 Å². The van der Waals surface area contributed by atoms with Gasteiger partial charge in [-0.1, -0.05) is 36.4 Å². The van der Waals surface area contributed by atoms with E-state index in [4.69, 9.17) is 4.74 Å². The highest BCUT2D eigenvalue weighted by Gasteiger charge is 2.21. The van der Waals surface area contributed by atoms with Crippen molar-refractivity contribution in [3.8, 4) is 0 Å². The van der Waals surface area contributed by atoms with Gasteiger partial charge in [-0.05, 0) is 41.8 Å². The summed E-state index contributed by atoms with van der Waals surface area (Å²) in [4.78, 5) is 15.3. The van der Waals surface area contributed by atoms with E-state index in [-0.39, 0.29) is 5.91 Å². The molecule has 1 amide bonds. The maximum absolute atomic E-state index is 12.2. The van der Waals surface area contributed by atoms with Gasteiger partial charge in [0.15, 0.2) is 0 Å². The lowest BCUT2D eigenvalue weighted by Gasteiger charge is -2.31. The summed E-state index contributed by atoms with van der Waals surface area (Å²) >= 11 is 1.65. The van der Waals surface area contributed by atoms with E-state index in [9.17, 15) is 4.79 Å². The molecule has 0 spiro atoms. The molecule has 0 unspecified atom stereocenters. The maximum Gasteiger partial charge on any atom is 0.246 e. The van der Waals surface area contributed by atoms with E-state index in [2.05, 4.69) is 12.1 Å². The van der Waals surface area contributed by atoms with Crippen molar-refractivity contribution in [2.75, 3.05) is 19.7 Å². The van der Waals surface area contributed by atoms with Crippen molar-refractivity contribution < 1.29 is 9.53 Å². The Morgan fingerprint density at radius 1 is 1.17 bits per heavy atom. The molecule has 0 bridgehead atoms. The van der Waals surface area contributed by atoms with Crippen LogP contribution in [0.5, 0.6) is 0 Å². The first-order valence-electron chi connectivity index (χ1n) is 8.43. The Kier molecular flexibility index (Phi) is 6.21. The van der Waals surface area contributed by atoms with Crippen LogP contribution in [0.3, 0.4) is 0 Å². The summed E-state index contributed by atoms with van der Waals surface area (Å²) in [5, 5.41) is 2.02. The Morgan fingerprint density at radius 3 is 2.67 bits per heavy atom. The average molecular weight is 341 g/mol. The number of likely N-dealkylation sites (tertiary alicyclic amines) is 1. The standard InChI is InChI=1S/C20H23NO2S/c22-20(9-8-19-7-4-14-24-19)21-12-10-18(11-13-21)16-23-15-17-5-2-1-3-6-17/h1-9,14,18H,10-13,15-16H2/b9-8+. The summed E-state index contributed by atoms with van der Waals surface area (Å²) in [6.45, 7) is 3.10. The Balaban J connectivity index is 1.37. The molecule has 0 saturated carbocycles. The van der Waals surface area contributed by atoms with Gasteiger partial charge in [-0.25, -0.2) is 0 Å². The minimum Gasteiger partial charge on any atom is -0.376 e. The van der Waals surface area contributed by atoms with Gasteiger partial charge < -0.3 is 9.64 Å². The van der Waals surface area contributed by atoms with Gasteiger partial charge in [0.2, 0.25) is 5.91 Å². The van der Waals surface area contributed by atoms with Gasteiger partial charge in [0.05, 0.1) is 6.61 Å². The lowest BCUT2D eigenvalue weighted by atomic mass is 9.98. The zero-order valence-electron chi connectivity index (χ0n) is 13.8. The molecule has 3 rings (SSSR count). The van der Waals surface area contributed by atoms with Crippen molar-refractivity contribution in [2.24, 2.45) is 5.92 Å². The zero-order chi connectivity index (χ0) is 16.6. The van der Waals surface area contributed by atoms with Crippen LogP contribution < -0.4 is 0 Å². The lowest BCUT2D eigenvalue weighted by Crippen LogP contribution is -2.38. The monoisotopic (exact) mass is 341 g/mol. The van der Waals surface area contributed by atoms with Crippen molar-refractivity contribution in [3.63, 3.8) is 0 Å². The van der Waals surface area contributed by atoms with E-state index in [0.717, 1.165) is 37.4 Å². The summed E-state index contributed by atoms with van der Waals surface area (Å²) in [5.41, 5.74) is 1.21. The number of carbonyl (C=O) groups is 1. The van der Waals surface area contributed by atoms with Crippen LogP contribution in [0.1, 0.15) is 23.3 Å². The molecule has 3 nitrogen and oxygen atoms in total. The summed E-state index contributed by atoms with van der Waals surface area (Å²) in [7, 11) is 0. The fourth-order valence-electron chi connectivity index (χ4n) is 2.88. The fraction of sp³-hybridized carbons (Fsp3) is 0.350. The molecule has 1 aliphatic heterocycles. The minimum atomic E-state index is 0.118. The molecule has 2 aromatic rings. The first-order valence-corrected chi connectivity index (χ1v) is 9.31. The van der Waals surface area contributed by atoms with Gasteiger partial charge in [-0.3, -0.25) is 4.79 Å². The highest BCUT2D eigenvalue weighted by Crippen LogP contribution is 2.19. The minimum absolute atomic E-state index is 0.118. The maximum atomic E-state index is 12.2. The molecule has 1 aromatic heterocycles. The summed E-state index contributed by atoms with van der Waals surface area (Å²) < 4.78 is 5.84. The highest BCUT2D eigenvalue weighted by molar-refractivity contribution is 7.10. The summed E-state index contributed by atoms with van der Waals surface area (Å²) in [6.07, 6.45) is 5.64. The van der Waals surface area contributed by atoms with Gasteiger partial charge in [-0.15, -0.1) is 11.3 Å². The number of amides is 1. The second-order valence-electron chi connectivity index (χ2n) is 6.12. The molecule has 0 N–H and O–H groups in total. The van der Waals surface area contributed by atoms with Crippen LogP contribution in [0.4, 0.5) is 0 Å². The van der Waals surface area contributed by atoms with Crippen LogP contribution in [-0.4, -0.2) is 30.5 Å². The van der Waals surface area contributed by atoms with Crippen molar-refractivity contribution in [3.05, 3.63) is 64.4 Å². The largest absolute Gasteiger partial charge is 0.376 e. The molecule has 1 aliphatic rings. The van der Waals surface area contributed by atoms with Crippen molar-refractivity contribution in [1.29, 1.82) is 0 Å². The molecule has 0 radical (unpaired) electrons. The van der Waals surface area contributed by atoms with Gasteiger partial charge >= 0.3 is 0 Å². The first-order chi connectivity index (χ1) is 11.8. The summed E-state index contributed by atoms with van der Waals surface area (Å²) in [5.74, 6) is 0.672. The SMILES string of the molecule is O=C(/C=C/c1cccs1)N1CCC(COCc2ccccc2)CC1. The third-order valence-electron chi connectivity index (χ3n) is 4.32. The first kappa shape index (κ1) is 16.9. The fourth-order valence-corrected chi connectivity index (χ4v) is 3.50. The van der Waals surface area contributed by atoms with Crippen LogP contribution in [0, 0.1) is 5.92 Å². The number of carbonyl (C=O) groups excluding carboxylic acids is 1. The number of piperidine rings is 1. The van der Waals surface area contributed by atoms with Crippen molar-refractivity contribution >= 4 is 23.3 Å². The number of hydrogen-bond donors (Lipinski definition) is 0. The molecule has 24 heavy (non-hydrogen) atoms. The van der Waals surface area contributed by atoms with Gasteiger partial charge in [0.1, 0.15) is 0 Å². The number of rotatable bonds is 6. The van der Waals surface area contributed by atoms with Crippen molar-refractivity contribution in [2.45, 2.75) is 19.4 Å².